The third-order valence-corrected chi connectivity index (χ3v) is 10.1. The molecule has 0 atom stereocenters. The van der Waals surface area contributed by atoms with Crippen LogP contribution in [0.1, 0.15) is 0 Å². The maximum Gasteiger partial charge on any atom is 0.0979 e. The van der Waals surface area contributed by atoms with E-state index in [2.05, 4.69) is 109 Å². The van der Waals surface area contributed by atoms with Crippen LogP contribution in [0.5, 0.6) is 0 Å². The molecule has 0 amide bonds. The predicted octanol–water partition coefficient (Wildman–Crippen LogP) is 10.6. The Labute approximate surface area is 239 Å². The molecule has 0 unspecified atom stereocenters. The second-order valence-corrected chi connectivity index (χ2v) is 12.3. The Bertz CT molecular complexity index is 2300. The summed E-state index contributed by atoms with van der Waals surface area (Å²) in [5.74, 6) is 0. The molecule has 0 fully saturated rings. The molecule has 2 aromatic heterocycles. The standard InChI is InChI=1S/C36H20N2S2/c1-2-9-21(10-3-1)22-11-6-12-23(19-22)35-36(38-27-15-5-4-14-26(27)37-35)25-20-31-34-32-24(25)13-7-16-28(32)39-29-17-8-18-30(40-31)33(29)34/h1-20H. The summed E-state index contributed by atoms with van der Waals surface area (Å²) in [6.07, 6.45) is 0. The second-order valence-electron chi connectivity index (χ2n) is 10.2. The zero-order chi connectivity index (χ0) is 26.2. The van der Waals surface area contributed by atoms with Crippen molar-refractivity contribution in [3.8, 4) is 33.6 Å². The number of fused-ring (bicyclic) bond motifs is 1. The molecule has 8 aromatic rings. The lowest BCUT2D eigenvalue weighted by Gasteiger charge is -2.18. The minimum absolute atomic E-state index is 0.903. The van der Waals surface area contributed by atoms with E-state index in [4.69, 9.17) is 9.97 Å². The maximum absolute atomic E-state index is 5.32. The summed E-state index contributed by atoms with van der Waals surface area (Å²) in [6.45, 7) is 0. The Morgan fingerprint density at radius 2 is 1.12 bits per heavy atom. The summed E-state index contributed by atoms with van der Waals surface area (Å²) in [4.78, 5) is 13.2. The summed E-state index contributed by atoms with van der Waals surface area (Å²) in [5.41, 5.74) is 8.22. The first-order chi connectivity index (χ1) is 19.8. The molecule has 40 heavy (non-hydrogen) atoms. The lowest BCUT2D eigenvalue weighted by molar-refractivity contribution is 1.30. The van der Waals surface area contributed by atoms with Crippen LogP contribution in [-0.4, -0.2) is 9.97 Å². The summed E-state index contributed by atoms with van der Waals surface area (Å²) >= 11 is 3.76. The highest BCUT2D eigenvalue weighted by Crippen LogP contribution is 2.53. The summed E-state index contributed by atoms with van der Waals surface area (Å²) in [5, 5.41) is 5.34. The van der Waals surface area contributed by atoms with Crippen molar-refractivity contribution in [2.75, 3.05) is 0 Å². The van der Waals surface area contributed by atoms with Gasteiger partial charge in [-0.3, -0.25) is 0 Å². The van der Waals surface area contributed by atoms with Crippen LogP contribution >= 0.6 is 23.1 Å². The fourth-order valence-electron chi connectivity index (χ4n) is 6.06. The van der Waals surface area contributed by atoms with E-state index in [-0.39, 0.29) is 0 Å². The van der Waals surface area contributed by atoms with Crippen molar-refractivity contribution in [3.05, 3.63) is 121 Å². The average molecular weight is 545 g/mol. The predicted molar refractivity (Wildman–Crippen MR) is 170 cm³/mol. The molecule has 186 valence electrons. The lowest BCUT2D eigenvalue weighted by Crippen LogP contribution is -1.97. The van der Waals surface area contributed by atoms with Crippen molar-refractivity contribution in [2.45, 2.75) is 9.79 Å². The molecule has 0 bridgehead atoms. The van der Waals surface area contributed by atoms with E-state index >= 15 is 0 Å². The average Bonchev–Trinajstić information content (AvgIpc) is 3.40. The summed E-state index contributed by atoms with van der Waals surface area (Å²) in [6, 6.07) is 43.1. The fourth-order valence-corrected chi connectivity index (χ4v) is 8.46. The monoisotopic (exact) mass is 544 g/mol. The molecule has 0 N–H and O–H groups in total. The van der Waals surface area contributed by atoms with Crippen molar-refractivity contribution in [3.63, 3.8) is 0 Å². The quantitative estimate of drug-likeness (QED) is 0.221. The third kappa shape index (κ3) is 3.24. The molecule has 0 aliphatic carbocycles. The van der Waals surface area contributed by atoms with Crippen molar-refractivity contribution >= 4 is 65.1 Å². The zero-order valence-electron chi connectivity index (χ0n) is 21.3. The Hall–Kier alpha value is -4.51. The molecule has 0 saturated heterocycles. The number of rotatable bonds is 3. The van der Waals surface area contributed by atoms with Gasteiger partial charge in [-0.05, 0) is 59.0 Å². The topological polar surface area (TPSA) is 25.8 Å². The summed E-state index contributed by atoms with van der Waals surface area (Å²) < 4.78 is 2.64. The van der Waals surface area contributed by atoms with Crippen molar-refractivity contribution in [2.24, 2.45) is 0 Å². The van der Waals surface area contributed by atoms with Gasteiger partial charge in [-0.25, -0.2) is 9.97 Å². The summed E-state index contributed by atoms with van der Waals surface area (Å²) in [7, 11) is 0. The van der Waals surface area contributed by atoms with Crippen molar-refractivity contribution in [1.82, 2.24) is 9.97 Å². The largest absolute Gasteiger partial charge is 0.244 e. The van der Waals surface area contributed by atoms with Crippen LogP contribution in [-0.2, 0) is 0 Å². The third-order valence-electron chi connectivity index (χ3n) is 7.83. The van der Waals surface area contributed by atoms with E-state index in [9.17, 15) is 0 Å². The number of hydrogen-bond acceptors (Lipinski definition) is 4. The molecule has 0 saturated carbocycles. The van der Waals surface area contributed by atoms with Crippen LogP contribution in [0.3, 0.4) is 0 Å². The van der Waals surface area contributed by atoms with Crippen LogP contribution < -0.4 is 0 Å². The Morgan fingerprint density at radius 1 is 0.450 bits per heavy atom. The van der Waals surface area contributed by atoms with Crippen LogP contribution in [0.15, 0.2) is 131 Å². The molecule has 0 spiro atoms. The second kappa shape index (κ2) is 8.49. The number of aromatic nitrogens is 2. The Balaban J connectivity index is 1.39. The van der Waals surface area contributed by atoms with Gasteiger partial charge in [0.15, 0.2) is 0 Å². The minimum Gasteiger partial charge on any atom is -0.244 e. The van der Waals surface area contributed by atoms with Crippen LogP contribution in [0.2, 0.25) is 0 Å². The van der Waals surface area contributed by atoms with Gasteiger partial charge in [-0.2, -0.15) is 0 Å². The maximum atomic E-state index is 5.32. The Kier molecular flexibility index (Phi) is 4.74. The van der Waals surface area contributed by atoms with E-state index in [1.165, 1.54) is 51.9 Å². The normalized spacial score (nSPS) is 12.4. The molecule has 4 heteroatoms. The van der Waals surface area contributed by atoms with Gasteiger partial charge in [0.2, 0.25) is 0 Å². The van der Waals surface area contributed by atoms with Crippen molar-refractivity contribution in [1.29, 1.82) is 0 Å². The molecule has 1 aliphatic heterocycles. The molecular weight excluding hydrogens is 525 g/mol. The van der Waals surface area contributed by atoms with Gasteiger partial charge >= 0.3 is 0 Å². The van der Waals surface area contributed by atoms with E-state index < -0.39 is 0 Å². The Morgan fingerprint density at radius 3 is 1.98 bits per heavy atom. The van der Waals surface area contributed by atoms with E-state index in [1.54, 1.807) is 0 Å². The highest BCUT2D eigenvalue weighted by Gasteiger charge is 2.24. The minimum atomic E-state index is 0.903. The highest BCUT2D eigenvalue weighted by atomic mass is 32.2. The van der Waals surface area contributed by atoms with E-state index in [0.29, 0.717) is 0 Å². The van der Waals surface area contributed by atoms with Gasteiger partial charge in [-0.1, -0.05) is 90.6 Å². The van der Waals surface area contributed by atoms with Gasteiger partial charge in [0.05, 0.1) is 22.4 Å². The van der Waals surface area contributed by atoms with Gasteiger partial charge in [-0.15, -0.1) is 11.3 Å². The van der Waals surface area contributed by atoms with Crippen LogP contribution in [0.4, 0.5) is 0 Å². The molecule has 1 aliphatic rings. The number of thiophene rings is 1. The number of hydrogen-bond donors (Lipinski definition) is 0. The molecule has 6 aromatic carbocycles. The molecular formula is C36H20N2S2. The first kappa shape index (κ1) is 22.3. The fraction of sp³-hybridized carbons (Fsp3) is 0. The molecule has 9 rings (SSSR count). The SMILES string of the molecule is c1ccc(-c2cccc(-c3nc4ccccc4nc3-c3cc4sc5cccc6c5c4c4c(cccc34)S6)c2)cc1. The highest BCUT2D eigenvalue weighted by molar-refractivity contribution is 8.00. The van der Waals surface area contributed by atoms with Crippen LogP contribution in [0.25, 0.3) is 75.6 Å². The first-order valence-corrected chi connectivity index (χ1v) is 15.0. The number of nitrogens with zero attached hydrogens (tertiary/aromatic N) is 2. The lowest BCUT2D eigenvalue weighted by atomic mass is 9.94. The number of para-hydroxylation sites is 2. The van der Waals surface area contributed by atoms with Gasteiger partial charge in [0, 0.05) is 46.5 Å². The van der Waals surface area contributed by atoms with Crippen LogP contribution in [0, 0.1) is 0 Å². The van der Waals surface area contributed by atoms with Crippen molar-refractivity contribution < 1.29 is 0 Å². The van der Waals surface area contributed by atoms with E-state index in [1.807, 2.05) is 35.2 Å². The molecule has 0 radical (unpaired) electrons. The number of benzene rings is 6. The van der Waals surface area contributed by atoms with Gasteiger partial charge < -0.3 is 0 Å². The zero-order valence-corrected chi connectivity index (χ0v) is 22.9. The molecule has 2 nitrogen and oxygen atoms in total. The first-order valence-electron chi connectivity index (χ1n) is 13.3. The van der Waals surface area contributed by atoms with Gasteiger partial charge in [0.25, 0.3) is 0 Å². The van der Waals surface area contributed by atoms with Gasteiger partial charge in [0.1, 0.15) is 0 Å². The smallest absolute Gasteiger partial charge is 0.0979 e. The van der Waals surface area contributed by atoms with E-state index in [0.717, 1.165) is 33.5 Å². The molecule has 3 heterocycles.